The maximum absolute atomic E-state index is 5.12. The third-order valence-corrected chi connectivity index (χ3v) is 20.6. The van der Waals surface area contributed by atoms with Gasteiger partial charge < -0.3 is 0 Å². The number of nitrogens with zero attached hydrogens (tertiary/aromatic N) is 12. The van der Waals surface area contributed by atoms with Gasteiger partial charge in [0.25, 0.3) is 0 Å². The van der Waals surface area contributed by atoms with Gasteiger partial charge in [-0.3, -0.25) is 34.9 Å². The highest BCUT2D eigenvalue weighted by Gasteiger charge is 2.22. The molecule has 594 valence electrons. The van der Waals surface area contributed by atoms with E-state index in [4.69, 9.17) is 34.9 Å². The highest BCUT2D eigenvalue weighted by Crippen LogP contribution is 2.43. The molecule has 0 aliphatic carbocycles. The molecule has 0 aliphatic rings. The van der Waals surface area contributed by atoms with Crippen molar-refractivity contribution in [2.45, 2.75) is 123 Å². The van der Waals surface area contributed by atoms with Crippen molar-refractivity contribution >= 4 is 130 Å². The zero-order valence-corrected chi connectivity index (χ0v) is 71.4. The molecule has 0 spiro atoms. The molecule has 0 bridgehead atoms. The first-order valence-corrected chi connectivity index (χ1v) is 42.6. The maximum Gasteiger partial charge on any atom is 0.164 e. The molecule has 0 N–H and O–H groups in total. The molecular formula is C108H102N12. The second-order valence-electron chi connectivity index (χ2n) is 27.0. The monoisotopic (exact) mass is 1570 g/mol. The molecule has 0 saturated carbocycles. The first-order chi connectivity index (χ1) is 59.4. The van der Waals surface area contributed by atoms with Crippen LogP contribution in [0.2, 0.25) is 0 Å². The van der Waals surface area contributed by atoms with Crippen LogP contribution >= 0.6 is 0 Å². The normalized spacial score (nSPS) is 10.7. The number of pyridine rings is 7. The molecule has 0 aliphatic heterocycles. The van der Waals surface area contributed by atoms with Gasteiger partial charge in [-0.25, -0.2) is 24.9 Å². The fourth-order valence-electron chi connectivity index (χ4n) is 15.5. The molecule has 0 radical (unpaired) electrons. The molecule has 9 aromatic heterocycles. The van der Waals surface area contributed by atoms with Crippen LogP contribution < -0.4 is 0 Å². The Morgan fingerprint density at radius 3 is 0.858 bits per heavy atom. The molecule has 12 aromatic carbocycles. The average molecular weight is 1570 g/mol. The minimum atomic E-state index is 0.651. The number of fused-ring (bicyclic) bond motifs is 18. The van der Waals surface area contributed by atoms with Crippen molar-refractivity contribution in [2.24, 2.45) is 0 Å². The fraction of sp³-hybridized carbons (Fsp3) is 0.167. The van der Waals surface area contributed by atoms with Crippen molar-refractivity contribution in [3.05, 3.63) is 328 Å². The Kier molecular flexibility index (Phi) is 27.7. The summed E-state index contributed by atoms with van der Waals surface area (Å²) in [6, 6.07) is 95.5. The molecule has 120 heavy (non-hydrogen) atoms. The van der Waals surface area contributed by atoms with Crippen LogP contribution in [0.4, 0.5) is 0 Å². The van der Waals surface area contributed by atoms with E-state index in [-0.39, 0.29) is 0 Å². The molecule has 0 atom stereocenters. The number of rotatable bonds is 9. The molecule has 0 amide bonds. The molecular weight excluding hydrogens is 1470 g/mol. The van der Waals surface area contributed by atoms with E-state index in [1.54, 1.807) is 12.4 Å². The molecule has 0 saturated heterocycles. The van der Waals surface area contributed by atoms with Crippen molar-refractivity contribution < 1.29 is 0 Å². The summed E-state index contributed by atoms with van der Waals surface area (Å²) in [4.78, 5) is 57.8. The largest absolute Gasteiger partial charge is 0.254 e. The SMILES string of the molecule is CC.CC.CC.CC.CC.CC.CCc1cc(-c2cc3cccnc3c3ncccc23)cc(-c2cc3ccccc3c3ccccc23)n1.CCc1nc(-c2cc3ccccc3c3ccccc23)cc(-c2cc3cccnc3c3ncccc23)n1.CCc1nc(-c2cc3ccccc3c3ccccc23)nc(-c2cc3cccnc3c3ncccc23)n1. The second kappa shape index (κ2) is 39.7. The van der Waals surface area contributed by atoms with Crippen molar-refractivity contribution in [3.63, 3.8) is 0 Å². The van der Waals surface area contributed by atoms with E-state index in [1.165, 1.54) is 53.9 Å². The Balaban J connectivity index is 0.000000146. The summed E-state index contributed by atoms with van der Waals surface area (Å²) >= 11 is 0. The van der Waals surface area contributed by atoms with Crippen LogP contribution in [-0.2, 0) is 19.3 Å². The van der Waals surface area contributed by atoms with Gasteiger partial charge in [0.05, 0.1) is 50.2 Å². The lowest BCUT2D eigenvalue weighted by Gasteiger charge is -2.15. The summed E-state index contributed by atoms with van der Waals surface area (Å²) < 4.78 is 0. The van der Waals surface area contributed by atoms with Gasteiger partial charge in [0.2, 0.25) is 0 Å². The number of benzene rings is 12. The van der Waals surface area contributed by atoms with E-state index in [0.717, 1.165) is 162 Å². The number of hydrogen-bond acceptors (Lipinski definition) is 12. The molecule has 9 heterocycles. The van der Waals surface area contributed by atoms with E-state index < -0.39 is 0 Å². The molecule has 0 unspecified atom stereocenters. The van der Waals surface area contributed by atoms with Crippen molar-refractivity contribution in [2.75, 3.05) is 0 Å². The van der Waals surface area contributed by atoms with Crippen molar-refractivity contribution in [1.82, 2.24) is 59.8 Å². The maximum atomic E-state index is 5.12. The first-order valence-electron chi connectivity index (χ1n) is 42.6. The van der Waals surface area contributed by atoms with Crippen LogP contribution in [0.5, 0.6) is 0 Å². The Morgan fingerprint density at radius 1 is 0.192 bits per heavy atom. The Hall–Kier alpha value is -14.1. The lowest BCUT2D eigenvalue weighted by atomic mass is 9.93. The lowest BCUT2D eigenvalue weighted by molar-refractivity contribution is 0.912. The highest BCUT2D eigenvalue weighted by molar-refractivity contribution is 6.18. The topological polar surface area (TPSA) is 155 Å². The third-order valence-electron chi connectivity index (χ3n) is 20.6. The van der Waals surface area contributed by atoms with Crippen LogP contribution in [0.1, 0.15) is 121 Å². The summed E-state index contributed by atoms with van der Waals surface area (Å²) in [5.41, 5.74) is 16.8. The minimum Gasteiger partial charge on any atom is -0.254 e. The van der Waals surface area contributed by atoms with Gasteiger partial charge >= 0.3 is 0 Å². The highest BCUT2D eigenvalue weighted by atomic mass is 15.0. The number of aryl methyl sites for hydroxylation is 3. The third kappa shape index (κ3) is 16.8. The van der Waals surface area contributed by atoms with Crippen molar-refractivity contribution in [1.29, 1.82) is 0 Å². The van der Waals surface area contributed by atoms with Gasteiger partial charge in [0.1, 0.15) is 11.6 Å². The molecule has 12 nitrogen and oxygen atoms in total. The molecule has 12 heteroatoms. The molecule has 0 fully saturated rings. The fourth-order valence-corrected chi connectivity index (χ4v) is 15.5. The number of aromatic nitrogens is 12. The zero-order chi connectivity index (χ0) is 84.2. The summed E-state index contributed by atoms with van der Waals surface area (Å²) in [7, 11) is 0. The van der Waals surface area contributed by atoms with Crippen LogP contribution in [0.15, 0.2) is 310 Å². The Labute approximate surface area is 703 Å². The Morgan fingerprint density at radius 2 is 0.458 bits per heavy atom. The van der Waals surface area contributed by atoms with Crippen LogP contribution in [0.25, 0.3) is 198 Å². The quantitative estimate of drug-likeness (QED) is 0.126. The average Bonchev–Trinajstić information content (AvgIpc) is 0.754. The predicted octanol–water partition coefficient (Wildman–Crippen LogP) is 29.5. The van der Waals surface area contributed by atoms with Gasteiger partial charge in [-0.15, -0.1) is 0 Å². The second-order valence-corrected chi connectivity index (χ2v) is 27.0. The van der Waals surface area contributed by atoms with Gasteiger partial charge in [-0.1, -0.05) is 286 Å². The predicted molar refractivity (Wildman–Crippen MR) is 512 cm³/mol. The van der Waals surface area contributed by atoms with Gasteiger partial charge in [0.15, 0.2) is 11.6 Å². The summed E-state index contributed by atoms with van der Waals surface area (Å²) in [6.45, 7) is 30.3. The Bertz CT molecular complexity index is 6090. The van der Waals surface area contributed by atoms with Crippen LogP contribution in [0, 0.1) is 0 Å². The molecule has 21 rings (SSSR count). The number of hydrogen-bond donors (Lipinski definition) is 0. The zero-order valence-electron chi connectivity index (χ0n) is 71.4. The van der Waals surface area contributed by atoms with E-state index in [9.17, 15) is 0 Å². The van der Waals surface area contributed by atoms with Gasteiger partial charge in [-0.2, -0.15) is 0 Å². The summed E-state index contributed by atoms with van der Waals surface area (Å²) in [5, 5.41) is 20.8. The van der Waals surface area contributed by atoms with Gasteiger partial charge in [0, 0.05) is 116 Å². The van der Waals surface area contributed by atoms with E-state index >= 15 is 0 Å². The minimum absolute atomic E-state index is 0.651. The standard InChI is InChI=1S/C33H23N3.C32H22N4.C31H21N5.6C2H6/c1-2-24-17-23(29-19-22-10-7-15-34-32(22)33-28(29)14-8-16-35-33)20-31(36-24)30-18-21-9-3-4-11-25(21)26-12-5-6-13-27(26)30;1-2-30-35-28(26-17-20-9-3-4-11-22(20)23-12-5-6-13-24(23)26)19-29(36-30)27-18-21-10-7-15-33-31(21)32-25(27)14-8-16-34-32;1-2-27-34-30(25-17-19-9-3-4-11-21(19)22-12-5-6-13-23(22)25)36-31(35-27)26-18-20-10-7-15-32-28(20)29-24(26)14-8-16-33-29;6*1-2/h3-20H,2H2,1H3;3-19H,2H2,1H3;3-18H,2H2,1H3;6*1-2H3. The smallest absolute Gasteiger partial charge is 0.164 e. The van der Waals surface area contributed by atoms with E-state index in [2.05, 4.69) is 282 Å². The van der Waals surface area contributed by atoms with Gasteiger partial charge in [-0.05, 0) is 173 Å². The first kappa shape index (κ1) is 83.8. The van der Waals surface area contributed by atoms with Crippen LogP contribution in [-0.4, -0.2) is 59.8 Å². The summed E-state index contributed by atoms with van der Waals surface area (Å²) in [6.07, 6.45) is 13.2. The van der Waals surface area contributed by atoms with Crippen molar-refractivity contribution in [3.8, 4) is 67.7 Å². The van der Waals surface area contributed by atoms with E-state index in [0.29, 0.717) is 18.1 Å². The summed E-state index contributed by atoms with van der Waals surface area (Å²) in [5.74, 6) is 2.92. The molecule has 21 aromatic rings. The lowest BCUT2D eigenvalue weighted by Crippen LogP contribution is -2.03. The van der Waals surface area contributed by atoms with Crippen LogP contribution in [0.3, 0.4) is 0 Å². The van der Waals surface area contributed by atoms with E-state index in [1.807, 2.05) is 144 Å².